The normalized spacial score (nSPS) is 10.9. The van der Waals surface area contributed by atoms with Crippen LogP contribution in [0.4, 0.5) is 0 Å². The molecular weight excluding hydrogens is 238 g/mol. The van der Waals surface area contributed by atoms with Crippen LogP contribution < -0.4 is 0 Å². The Morgan fingerprint density at radius 2 is 1.94 bits per heavy atom. The molecule has 1 N–H and O–H groups in total. The molecule has 0 atom stereocenters. The number of phenolic OH excluding ortho intramolecular Hbond substituents is 1. The quantitative estimate of drug-likeness (QED) is 0.708. The molecule has 0 unspecified atom stereocenters. The van der Waals surface area contributed by atoms with Crippen molar-refractivity contribution in [3.05, 3.63) is 47.5 Å². The van der Waals surface area contributed by atoms with Crippen molar-refractivity contribution in [3.63, 3.8) is 0 Å². The number of aromatic nitrogens is 1. The number of fused-ring (bicyclic) bond motifs is 1. The van der Waals surface area contributed by atoms with Gasteiger partial charge in [-0.15, -0.1) is 0 Å². The van der Waals surface area contributed by atoms with Gasteiger partial charge in [-0.25, -0.2) is 0 Å². The summed E-state index contributed by atoms with van der Waals surface area (Å²) in [5.74, 6) is 0.175. The van der Waals surface area contributed by atoms with Crippen molar-refractivity contribution in [1.82, 2.24) is 5.16 Å². The van der Waals surface area contributed by atoms with Crippen molar-refractivity contribution in [2.75, 3.05) is 0 Å². The first kappa shape index (κ1) is 10.2. The summed E-state index contributed by atoms with van der Waals surface area (Å²) in [7, 11) is 0. The van der Waals surface area contributed by atoms with Gasteiger partial charge in [-0.2, -0.15) is 0 Å². The van der Waals surface area contributed by atoms with Crippen LogP contribution in [0.3, 0.4) is 0 Å². The summed E-state index contributed by atoms with van der Waals surface area (Å²) >= 11 is 6.11. The Hall–Kier alpha value is -2.00. The SMILES string of the molecule is Oc1ccc2onc(-c3ccccc3Cl)c2c1. The average molecular weight is 246 g/mol. The Bertz CT molecular complexity index is 691. The van der Waals surface area contributed by atoms with Gasteiger partial charge in [-0.05, 0) is 24.3 Å². The predicted molar refractivity (Wildman–Crippen MR) is 66.1 cm³/mol. The zero-order chi connectivity index (χ0) is 11.8. The molecule has 0 spiro atoms. The van der Waals surface area contributed by atoms with Crippen LogP contribution >= 0.6 is 11.6 Å². The first-order valence-corrected chi connectivity index (χ1v) is 5.47. The van der Waals surface area contributed by atoms with E-state index in [-0.39, 0.29) is 5.75 Å². The molecular formula is C13H8ClNO2. The zero-order valence-corrected chi connectivity index (χ0v) is 9.48. The number of phenols is 1. The first-order valence-electron chi connectivity index (χ1n) is 5.09. The van der Waals surface area contributed by atoms with Crippen LogP contribution in [0.1, 0.15) is 0 Å². The maximum absolute atomic E-state index is 9.49. The lowest BCUT2D eigenvalue weighted by molar-refractivity contribution is 0.457. The number of halogens is 1. The summed E-state index contributed by atoms with van der Waals surface area (Å²) in [6.07, 6.45) is 0. The van der Waals surface area contributed by atoms with Gasteiger partial charge in [0, 0.05) is 5.56 Å². The third-order valence-corrected chi connectivity index (χ3v) is 2.91. The van der Waals surface area contributed by atoms with E-state index in [0.717, 1.165) is 10.9 Å². The van der Waals surface area contributed by atoms with E-state index in [1.54, 1.807) is 24.3 Å². The van der Waals surface area contributed by atoms with Gasteiger partial charge in [-0.1, -0.05) is 35.0 Å². The second kappa shape index (κ2) is 3.79. The van der Waals surface area contributed by atoms with E-state index in [1.165, 1.54) is 0 Å². The molecule has 2 aromatic carbocycles. The van der Waals surface area contributed by atoms with Gasteiger partial charge >= 0.3 is 0 Å². The van der Waals surface area contributed by atoms with E-state index in [2.05, 4.69) is 5.16 Å². The van der Waals surface area contributed by atoms with E-state index in [9.17, 15) is 5.11 Å². The maximum Gasteiger partial charge on any atom is 0.167 e. The number of hydrogen-bond donors (Lipinski definition) is 1. The fourth-order valence-corrected chi connectivity index (χ4v) is 2.00. The summed E-state index contributed by atoms with van der Waals surface area (Å²) in [4.78, 5) is 0. The molecule has 0 saturated heterocycles. The summed E-state index contributed by atoms with van der Waals surface area (Å²) < 4.78 is 5.19. The molecule has 0 aliphatic carbocycles. The van der Waals surface area contributed by atoms with Crippen LogP contribution in [0.25, 0.3) is 22.2 Å². The molecule has 4 heteroatoms. The molecule has 0 bridgehead atoms. The predicted octanol–water partition coefficient (Wildman–Crippen LogP) is 3.85. The number of rotatable bonds is 1. The molecule has 84 valence electrons. The second-order valence-corrected chi connectivity index (χ2v) is 4.10. The van der Waals surface area contributed by atoms with Gasteiger partial charge in [0.1, 0.15) is 11.4 Å². The number of hydrogen-bond acceptors (Lipinski definition) is 3. The van der Waals surface area contributed by atoms with Crippen molar-refractivity contribution in [2.45, 2.75) is 0 Å². The Balaban J connectivity index is 2.31. The highest BCUT2D eigenvalue weighted by atomic mass is 35.5. The van der Waals surface area contributed by atoms with Crippen molar-refractivity contribution in [3.8, 4) is 17.0 Å². The standard InChI is InChI=1S/C13H8ClNO2/c14-11-4-2-1-3-9(11)13-10-7-8(16)5-6-12(10)17-15-13/h1-7,16H. The van der Waals surface area contributed by atoms with Gasteiger partial charge in [0.05, 0.1) is 10.4 Å². The monoisotopic (exact) mass is 245 g/mol. The molecule has 0 aliphatic heterocycles. The minimum absolute atomic E-state index is 0.175. The smallest absolute Gasteiger partial charge is 0.167 e. The molecule has 0 saturated carbocycles. The highest BCUT2D eigenvalue weighted by Gasteiger charge is 2.13. The molecule has 0 radical (unpaired) electrons. The van der Waals surface area contributed by atoms with E-state index in [4.69, 9.17) is 16.1 Å². The minimum Gasteiger partial charge on any atom is -0.508 e. The molecule has 0 aliphatic rings. The Morgan fingerprint density at radius 3 is 2.76 bits per heavy atom. The molecule has 3 aromatic rings. The molecule has 17 heavy (non-hydrogen) atoms. The highest BCUT2D eigenvalue weighted by molar-refractivity contribution is 6.33. The van der Waals surface area contributed by atoms with Crippen LogP contribution in [0, 0.1) is 0 Å². The van der Waals surface area contributed by atoms with Crippen molar-refractivity contribution in [2.24, 2.45) is 0 Å². The molecule has 0 fully saturated rings. The summed E-state index contributed by atoms with van der Waals surface area (Å²) in [5, 5.41) is 14.8. The maximum atomic E-state index is 9.49. The topological polar surface area (TPSA) is 46.3 Å². The lowest BCUT2D eigenvalue weighted by Crippen LogP contribution is -1.79. The van der Waals surface area contributed by atoms with Crippen molar-refractivity contribution < 1.29 is 9.63 Å². The van der Waals surface area contributed by atoms with Gasteiger partial charge < -0.3 is 9.63 Å². The average Bonchev–Trinajstić information content (AvgIpc) is 2.72. The molecule has 3 nitrogen and oxygen atoms in total. The molecule has 0 amide bonds. The Labute approximate surface area is 102 Å². The van der Waals surface area contributed by atoms with Crippen LogP contribution in [-0.4, -0.2) is 10.3 Å². The van der Waals surface area contributed by atoms with E-state index >= 15 is 0 Å². The van der Waals surface area contributed by atoms with Crippen LogP contribution in [-0.2, 0) is 0 Å². The van der Waals surface area contributed by atoms with Gasteiger partial charge in [0.25, 0.3) is 0 Å². The lowest BCUT2D eigenvalue weighted by atomic mass is 10.1. The molecule has 1 aromatic heterocycles. The van der Waals surface area contributed by atoms with Crippen LogP contribution in [0.5, 0.6) is 5.75 Å². The fraction of sp³-hybridized carbons (Fsp3) is 0. The fourth-order valence-electron chi connectivity index (χ4n) is 1.77. The Kier molecular flexibility index (Phi) is 2.27. The second-order valence-electron chi connectivity index (χ2n) is 3.69. The number of aromatic hydroxyl groups is 1. The minimum atomic E-state index is 0.175. The summed E-state index contributed by atoms with van der Waals surface area (Å²) in [6, 6.07) is 12.2. The third-order valence-electron chi connectivity index (χ3n) is 2.58. The van der Waals surface area contributed by atoms with Crippen molar-refractivity contribution >= 4 is 22.6 Å². The number of nitrogens with zero attached hydrogens (tertiary/aromatic N) is 1. The van der Waals surface area contributed by atoms with E-state index in [0.29, 0.717) is 16.3 Å². The van der Waals surface area contributed by atoms with Gasteiger partial charge in [-0.3, -0.25) is 0 Å². The summed E-state index contributed by atoms with van der Waals surface area (Å²) in [6.45, 7) is 0. The Morgan fingerprint density at radius 1 is 1.12 bits per heavy atom. The highest BCUT2D eigenvalue weighted by Crippen LogP contribution is 2.33. The molecule has 3 rings (SSSR count). The lowest BCUT2D eigenvalue weighted by Gasteiger charge is -1.99. The first-order chi connectivity index (χ1) is 8.25. The third kappa shape index (κ3) is 1.65. The summed E-state index contributed by atoms with van der Waals surface area (Å²) in [5.41, 5.74) is 2.05. The van der Waals surface area contributed by atoms with E-state index < -0.39 is 0 Å². The van der Waals surface area contributed by atoms with Crippen molar-refractivity contribution in [1.29, 1.82) is 0 Å². The largest absolute Gasteiger partial charge is 0.508 e. The number of benzene rings is 2. The van der Waals surface area contributed by atoms with Gasteiger partial charge in [0.15, 0.2) is 5.58 Å². The van der Waals surface area contributed by atoms with E-state index in [1.807, 2.05) is 18.2 Å². The zero-order valence-electron chi connectivity index (χ0n) is 8.72. The van der Waals surface area contributed by atoms with Crippen LogP contribution in [0.2, 0.25) is 5.02 Å². The van der Waals surface area contributed by atoms with Crippen LogP contribution in [0.15, 0.2) is 47.0 Å². The van der Waals surface area contributed by atoms with Gasteiger partial charge in [0.2, 0.25) is 0 Å². The molecule has 1 heterocycles.